The Morgan fingerprint density at radius 1 is 1.36 bits per heavy atom. The quantitative estimate of drug-likeness (QED) is 0.524. The number of nitriles is 1. The van der Waals surface area contributed by atoms with E-state index in [0.717, 1.165) is 35.3 Å². The number of hydrogen-bond donors (Lipinski definition) is 2. The summed E-state index contributed by atoms with van der Waals surface area (Å²) in [5.41, 5.74) is 3.24. The second kappa shape index (κ2) is 9.20. The molecule has 0 saturated carbocycles. The second-order valence-electron chi connectivity index (χ2n) is 8.58. The number of aromatic amines is 1. The van der Waals surface area contributed by atoms with Gasteiger partial charge in [-0.05, 0) is 74.3 Å². The third-order valence-electron chi connectivity index (χ3n) is 6.26. The Morgan fingerprint density at radius 2 is 2.15 bits per heavy atom. The van der Waals surface area contributed by atoms with E-state index in [9.17, 15) is 19.6 Å². The number of anilines is 1. The van der Waals surface area contributed by atoms with Crippen LogP contribution >= 0.6 is 11.3 Å². The zero-order chi connectivity index (χ0) is 23.7. The van der Waals surface area contributed by atoms with Gasteiger partial charge in [0.05, 0.1) is 11.8 Å². The first-order valence-electron chi connectivity index (χ1n) is 10.9. The van der Waals surface area contributed by atoms with Crippen LogP contribution in [0.5, 0.6) is 0 Å². The van der Waals surface area contributed by atoms with E-state index < -0.39 is 5.56 Å². The number of nitrogens with zero attached hydrogens (tertiary/aromatic N) is 1. The molecule has 1 amide bonds. The molecule has 0 fully saturated rings. The number of thiophene rings is 1. The molecule has 170 valence electrons. The highest BCUT2D eigenvalue weighted by Gasteiger charge is 2.30. The van der Waals surface area contributed by atoms with Gasteiger partial charge in [-0.1, -0.05) is 6.92 Å². The van der Waals surface area contributed by atoms with E-state index in [2.05, 4.69) is 17.2 Å². The van der Waals surface area contributed by atoms with Gasteiger partial charge in [0.1, 0.15) is 16.6 Å². The first-order valence-corrected chi connectivity index (χ1v) is 11.8. The molecule has 0 radical (unpaired) electrons. The number of ketones is 1. The summed E-state index contributed by atoms with van der Waals surface area (Å²) in [6.07, 6.45) is 4.70. The number of fused-ring (bicyclic) bond motifs is 1. The van der Waals surface area contributed by atoms with Gasteiger partial charge in [0.15, 0.2) is 5.76 Å². The number of aromatic nitrogens is 1. The van der Waals surface area contributed by atoms with Crippen LogP contribution < -0.4 is 10.9 Å². The average molecular weight is 464 g/mol. The smallest absolute Gasteiger partial charge is 0.266 e. The molecule has 0 bridgehead atoms. The Kier molecular flexibility index (Phi) is 6.34. The highest BCUT2D eigenvalue weighted by atomic mass is 32.1. The lowest BCUT2D eigenvalue weighted by Gasteiger charge is -2.18. The summed E-state index contributed by atoms with van der Waals surface area (Å²) in [6, 6.07) is 5.25. The molecular formula is C25H25N3O4S. The molecule has 33 heavy (non-hydrogen) atoms. The number of H-pyrrole nitrogens is 1. The molecule has 0 saturated heterocycles. The fraction of sp³-hybridized carbons (Fsp3) is 0.360. The molecule has 3 aromatic heterocycles. The van der Waals surface area contributed by atoms with Gasteiger partial charge in [-0.25, -0.2) is 0 Å². The van der Waals surface area contributed by atoms with Crippen LogP contribution in [-0.4, -0.2) is 16.7 Å². The van der Waals surface area contributed by atoms with Gasteiger partial charge in [-0.3, -0.25) is 14.4 Å². The average Bonchev–Trinajstić information content (AvgIpc) is 3.41. The second-order valence-corrected chi connectivity index (χ2v) is 9.69. The van der Waals surface area contributed by atoms with Crippen molar-refractivity contribution in [1.29, 1.82) is 5.26 Å². The SMILES string of the molecule is Cc1[nH]c(=O)c(C#N)c(C)c1CCC(=O)Nc1sc2c(c1C(=O)c1ccco1)CCC(C)C2. The summed E-state index contributed by atoms with van der Waals surface area (Å²) in [5.74, 6) is 0.354. The molecule has 0 aliphatic heterocycles. The van der Waals surface area contributed by atoms with Crippen LogP contribution in [-0.2, 0) is 24.1 Å². The molecule has 1 aliphatic rings. The molecule has 3 heterocycles. The van der Waals surface area contributed by atoms with Crippen molar-refractivity contribution in [3.63, 3.8) is 0 Å². The van der Waals surface area contributed by atoms with Crippen molar-refractivity contribution in [1.82, 2.24) is 4.98 Å². The van der Waals surface area contributed by atoms with E-state index in [0.29, 0.717) is 34.2 Å². The van der Waals surface area contributed by atoms with Crippen molar-refractivity contribution < 1.29 is 14.0 Å². The van der Waals surface area contributed by atoms with E-state index in [1.165, 1.54) is 17.6 Å². The van der Waals surface area contributed by atoms with Crippen LogP contribution in [0.4, 0.5) is 5.00 Å². The standard InChI is InChI=1S/C25H25N3O4S/c1-13-6-7-17-20(11-13)33-25(22(17)23(30)19-5-4-10-32-19)28-21(29)9-8-16-14(2)18(12-26)24(31)27-15(16)3/h4-5,10,13H,6-9,11H2,1-3H3,(H,27,31)(H,28,29). The predicted octanol–water partition coefficient (Wildman–Crippen LogP) is 4.45. The molecule has 2 N–H and O–H groups in total. The maximum atomic E-state index is 13.2. The largest absolute Gasteiger partial charge is 0.461 e. The number of pyridine rings is 1. The van der Waals surface area contributed by atoms with Crippen LogP contribution in [0.2, 0.25) is 0 Å². The Balaban J connectivity index is 1.58. The Labute approximate surface area is 195 Å². The van der Waals surface area contributed by atoms with Gasteiger partial charge in [0.25, 0.3) is 5.56 Å². The fourth-order valence-electron chi connectivity index (χ4n) is 4.46. The highest BCUT2D eigenvalue weighted by Crippen LogP contribution is 2.40. The van der Waals surface area contributed by atoms with Gasteiger partial charge in [-0.15, -0.1) is 11.3 Å². The van der Waals surface area contributed by atoms with E-state index in [4.69, 9.17) is 4.42 Å². The number of furan rings is 1. The molecule has 0 spiro atoms. The number of carbonyl (C=O) groups is 2. The normalized spacial score (nSPS) is 15.0. The van der Waals surface area contributed by atoms with E-state index in [-0.39, 0.29) is 29.4 Å². The van der Waals surface area contributed by atoms with E-state index in [1.54, 1.807) is 26.0 Å². The van der Waals surface area contributed by atoms with Gasteiger partial charge in [0, 0.05) is 17.0 Å². The Hall–Kier alpha value is -3.44. The molecular weight excluding hydrogens is 438 g/mol. The zero-order valence-electron chi connectivity index (χ0n) is 18.8. The number of carbonyl (C=O) groups excluding carboxylic acids is 2. The van der Waals surface area contributed by atoms with E-state index in [1.807, 2.05) is 6.07 Å². The summed E-state index contributed by atoms with van der Waals surface area (Å²) < 4.78 is 5.34. The molecule has 1 aliphatic carbocycles. The summed E-state index contributed by atoms with van der Waals surface area (Å²) in [7, 11) is 0. The number of hydrogen-bond acceptors (Lipinski definition) is 6. The van der Waals surface area contributed by atoms with Gasteiger partial charge >= 0.3 is 0 Å². The van der Waals surface area contributed by atoms with Gasteiger partial charge in [0.2, 0.25) is 11.7 Å². The first kappa shape index (κ1) is 22.7. The first-order chi connectivity index (χ1) is 15.8. The van der Waals surface area contributed by atoms with Crippen molar-refractivity contribution in [2.75, 3.05) is 5.32 Å². The van der Waals surface area contributed by atoms with Crippen molar-refractivity contribution in [2.45, 2.75) is 52.9 Å². The Morgan fingerprint density at radius 3 is 2.85 bits per heavy atom. The van der Waals surface area contributed by atoms with Gasteiger partial charge < -0.3 is 14.7 Å². The maximum absolute atomic E-state index is 13.2. The lowest BCUT2D eigenvalue weighted by Crippen LogP contribution is -2.19. The van der Waals surface area contributed by atoms with Crippen molar-refractivity contribution >= 4 is 28.0 Å². The lowest BCUT2D eigenvalue weighted by molar-refractivity contribution is -0.116. The maximum Gasteiger partial charge on any atom is 0.266 e. The van der Waals surface area contributed by atoms with Crippen LogP contribution in [0.3, 0.4) is 0 Å². The molecule has 8 heteroatoms. The third-order valence-corrected chi connectivity index (χ3v) is 7.43. The van der Waals surface area contributed by atoms with Crippen LogP contribution in [0.25, 0.3) is 0 Å². The van der Waals surface area contributed by atoms with Crippen LogP contribution in [0.1, 0.15) is 68.7 Å². The minimum Gasteiger partial charge on any atom is -0.461 e. The summed E-state index contributed by atoms with van der Waals surface area (Å²) >= 11 is 1.47. The molecule has 1 unspecified atom stereocenters. The molecule has 4 rings (SSSR count). The monoisotopic (exact) mass is 463 g/mol. The molecule has 0 aromatic carbocycles. The number of amides is 1. The number of aryl methyl sites for hydroxylation is 1. The predicted molar refractivity (Wildman–Crippen MR) is 126 cm³/mol. The molecule has 1 atom stereocenters. The van der Waals surface area contributed by atoms with Crippen molar-refractivity contribution in [3.05, 3.63) is 72.9 Å². The summed E-state index contributed by atoms with van der Waals surface area (Å²) in [4.78, 5) is 41.9. The highest BCUT2D eigenvalue weighted by molar-refractivity contribution is 7.17. The van der Waals surface area contributed by atoms with Crippen LogP contribution in [0, 0.1) is 31.1 Å². The van der Waals surface area contributed by atoms with Crippen molar-refractivity contribution in [3.8, 4) is 6.07 Å². The topological polar surface area (TPSA) is 116 Å². The van der Waals surface area contributed by atoms with Crippen molar-refractivity contribution in [2.24, 2.45) is 5.92 Å². The fourth-order valence-corrected chi connectivity index (χ4v) is 5.88. The number of rotatable bonds is 6. The number of nitrogens with one attached hydrogen (secondary N) is 2. The van der Waals surface area contributed by atoms with Crippen LogP contribution in [0.15, 0.2) is 27.6 Å². The molecule has 3 aromatic rings. The molecule has 7 nitrogen and oxygen atoms in total. The third kappa shape index (κ3) is 4.41. The minimum atomic E-state index is -0.417. The summed E-state index contributed by atoms with van der Waals surface area (Å²) in [6.45, 7) is 5.68. The Bertz CT molecular complexity index is 1330. The van der Waals surface area contributed by atoms with E-state index >= 15 is 0 Å². The minimum absolute atomic E-state index is 0.0717. The lowest BCUT2D eigenvalue weighted by atomic mass is 9.87. The summed E-state index contributed by atoms with van der Waals surface area (Å²) in [5, 5.41) is 12.8. The zero-order valence-corrected chi connectivity index (χ0v) is 19.6. The van der Waals surface area contributed by atoms with Gasteiger partial charge in [-0.2, -0.15) is 5.26 Å².